The Balaban J connectivity index is 2.47. The quantitative estimate of drug-likeness (QED) is 0.858. The second-order valence-corrected chi connectivity index (χ2v) is 5.15. The van der Waals surface area contributed by atoms with E-state index in [1.165, 1.54) is 15.8 Å². The van der Waals surface area contributed by atoms with Crippen LogP contribution in [0.4, 0.5) is 0 Å². The minimum Gasteiger partial charge on any atom is -0.310 e. The zero-order valence-electron chi connectivity index (χ0n) is 7.43. The third kappa shape index (κ3) is 2.88. The molecule has 1 unspecified atom stereocenters. The largest absolute Gasteiger partial charge is 0.310 e. The van der Waals surface area contributed by atoms with Crippen molar-refractivity contribution in [3.8, 4) is 0 Å². The number of nitrogens with one attached hydrogen (secondary N) is 1. The Bertz CT molecular complexity index is 234. The first-order chi connectivity index (χ1) is 5.74. The molecule has 12 heavy (non-hydrogen) atoms. The second-order valence-electron chi connectivity index (χ2n) is 2.86. The highest BCUT2D eigenvalue weighted by atomic mass is 79.9. The molecule has 0 bridgehead atoms. The normalized spacial score (nSPS) is 13.2. The van der Waals surface area contributed by atoms with E-state index in [0.717, 1.165) is 6.54 Å². The smallest absolute Gasteiger partial charge is 0.0701 e. The lowest BCUT2D eigenvalue weighted by Crippen LogP contribution is -2.18. The Labute approximate surface area is 86.3 Å². The van der Waals surface area contributed by atoms with E-state index < -0.39 is 0 Å². The molecule has 1 aromatic rings. The summed E-state index contributed by atoms with van der Waals surface area (Å²) in [6.45, 7) is 5.47. The topological polar surface area (TPSA) is 12.0 Å². The molecule has 0 aliphatic heterocycles. The Morgan fingerprint density at radius 3 is 2.92 bits per heavy atom. The number of hydrogen-bond donors (Lipinski definition) is 1. The van der Waals surface area contributed by atoms with Gasteiger partial charge in [0.2, 0.25) is 0 Å². The highest BCUT2D eigenvalue weighted by Crippen LogP contribution is 2.24. The van der Waals surface area contributed by atoms with Crippen LogP contribution in [0.2, 0.25) is 0 Å². The first-order valence-electron chi connectivity index (χ1n) is 4.21. The molecule has 1 aromatic heterocycles. The van der Waals surface area contributed by atoms with Gasteiger partial charge in [-0.25, -0.2) is 0 Å². The number of rotatable bonds is 4. The molecule has 0 aliphatic carbocycles. The molecule has 0 aromatic carbocycles. The van der Waals surface area contributed by atoms with Crippen LogP contribution in [0.25, 0.3) is 0 Å². The van der Waals surface area contributed by atoms with Crippen molar-refractivity contribution in [3.63, 3.8) is 0 Å². The molecule has 1 nitrogen and oxygen atoms in total. The van der Waals surface area contributed by atoms with Crippen LogP contribution >= 0.6 is 27.3 Å². The molecule has 68 valence electrons. The Kier molecular flexibility index (Phi) is 4.26. The first kappa shape index (κ1) is 10.2. The van der Waals surface area contributed by atoms with E-state index in [0.29, 0.717) is 6.04 Å². The molecule has 0 amide bonds. The summed E-state index contributed by atoms with van der Waals surface area (Å²) in [5.41, 5.74) is 1.38. The SMILES string of the molecule is CCCNC(C)c1csc(Br)c1. The summed E-state index contributed by atoms with van der Waals surface area (Å²) >= 11 is 5.20. The van der Waals surface area contributed by atoms with Gasteiger partial charge in [-0.05, 0) is 52.8 Å². The predicted molar refractivity (Wildman–Crippen MR) is 58.7 cm³/mol. The fourth-order valence-electron chi connectivity index (χ4n) is 1.03. The maximum absolute atomic E-state index is 3.46. The molecule has 0 spiro atoms. The molecule has 1 atom stereocenters. The van der Waals surface area contributed by atoms with Crippen LogP contribution in [0.1, 0.15) is 31.9 Å². The van der Waals surface area contributed by atoms with E-state index in [-0.39, 0.29) is 0 Å². The third-order valence-electron chi connectivity index (χ3n) is 1.79. The van der Waals surface area contributed by atoms with Gasteiger partial charge in [0.15, 0.2) is 0 Å². The van der Waals surface area contributed by atoms with Gasteiger partial charge >= 0.3 is 0 Å². The lowest BCUT2D eigenvalue weighted by Gasteiger charge is -2.10. The summed E-state index contributed by atoms with van der Waals surface area (Å²) in [4.78, 5) is 0. The summed E-state index contributed by atoms with van der Waals surface area (Å²) in [6.07, 6.45) is 1.19. The van der Waals surface area contributed by atoms with Gasteiger partial charge in [0.25, 0.3) is 0 Å². The van der Waals surface area contributed by atoms with Crippen LogP contribution in [-0.2, 0) is 0 Å². The predicted octanol–water partition coefficient (Wildman–Crippen LogP) is 3.57. The number of halogens is 1. The van der Waals surface area contributed by atoms with Gasteiger partial charge in [0.1, 0.15) is 0 Å². The lowest BCUT2D eigenvalue weighted by molar-refractivity contribution is 0.572. The summed E-state index contributed by atoms with van der Waals surface area (Å²) < 4.78 is 1.21. The standard InChI is InChI=1S/C9H14BrNS/c1-3-4-11-7(2)8-5-9(10)12-6-8/h5-7,11H,3-4H2,1-2H3. The van der Waals surface area contributed by atoms with Crippen molar-refractivity contribution in [1.29, 1.82) is 0 Å². The average Bonchev–Trinajstić information content (AvgIpc) is 2.47. The molecule has 0 aliphatic rings. The van der Waals surface area contributed by atoms with Gasteiger partial charge in [0.05, 0.1) is 3.79 Å². The molecule has 0 radical (unpaired) electrons. The van der Waals surface area contributed by atoms with Crippen LogP contribution < -0.4 is 5.32 Å². The van der Waals surface area contributed by atoms with Gasteiger partial charge in [-0.15, -0.1) is 11.3 Å². The molecular weight excluding hydrogens is 234 g/mol. The maximum Gasteiger partial charge on any atom is 0.0701 e. The van der Waals surface area contributed by atoms with Crippen molar-refractivity contribution >= 4 is 27.3 Å². The van der Waals surface area contributed by atoms with E-state index in [1.807, 2.05) is 0 Å². The van der Waals surface area contributed by atoms with Gasteiger partial charge in [-0.2, -0.15) is 0 Å². The fraction of sp³-hybridized carbons (Fsp3) is 0.556. The van der Waals surface area contributed by atoms with Crippen molar-refractivity contribution < 1.29 is 0 Å². The third-order valence-corrected chi connectivity index (χ3v) is 3.31. The highest BCUT2D eigenvalue weighted by molar-refractivity contribution is 9.11. The summed E-state index contributed by atoms with van der Waals surface area (Å²) in [6, 6.07) is 2.66. The van der Waals surface area contributed by atoms with Crippen molar-refractivity contribution in [1.82, 2.24) is 5.32 Å². The van der Waals surface area contributed by atoms with E-state index >= 15 is 0 Å². The van der Waals surface area contributed by atoms with Crippen molar-refractivity contribution in [2.24, 2.45) is 0 Å². The fourth-order valence-corrected chi connectivity index (χ4v) is 2.30. The molecular formula is C9H14BrNS. The monoisotopic (exact) mass is 247 g/mol. The minimum absolute atomic E-state index is 0.479. The number of hydrogen-bond acceptors (Lipinski definition) is 2. The lowest BCUT2D eigenvalue weighted by atomic mass is 10.2. The molecule has 3 heteroatoms. The summed E-state index contributed by atoms with van der Waals surface area (Å²) in [5, 5.41) is 5.64. The van der Waals surface area contributed by atoms with Gasteiger partial charge in [-0.1, -0.05) is 6.92 Å². The van der Waals surface area contributed by atoms with E-state index in [9.17, 15) is 0 Å². The molecule has 1 heterocycles. The van der Waals surface area contributed by atoms with Crippen LogP contribution in [0.3, 0.4) is 0 Å². The van der Waals surface area contributed by atoms with Crippen LogP contribution in [-0.4, -0.2) is 6.54 Å². The molecule has 1 N–H and O–H groups in total. The van der Waals surface area contributed by atoms with E-state index in [1.54, 1.807) is 11.3 Å². The Hall–Kier alpha value is 0.140. The van der Waals surface area contributed by atoms with Crippen LogP contribution in [0.5, 0.6) is 0 Å². The minimum atomic E-state index is 0.479. The first-order valence-corrected chi connectivity index (χ1v) is 5.88. The average molecular weight is 248 g/mol. The zero-order chi connectivity index (χ0) is 8.97. The summed E-state index contributed by atoms with van der Waals surface area (Å²) in [5.74, 6) is 0. The van der Waals surface area contributed by atoms with Crippen LogP contribution in [0.15, 0.2) is 15.2 Å². The number of thiophene rings is 1. The van der Waals surface area contributed by atoms with E-state index in [2.05, 4.69) is 46.5 Å². The molecule has 0 saturated carbocycles. The second kappa shape index (κ2) is 5.00. The molecule has 0 fully saturated rings. The van der Waals surface area contributed by atoms with Gasteiger partial charge in [0, 0.05) is 6.04 Å². The Morgan fingerprint density at radius 2 is 2.42 bits per heavy atom. The van der Waals surface area contributed by atoms with Crippen molar-refractivity contribution in [2.75, 3.05) is 6.54 Å². The molecule has 0 saturated heterocycles. The van der Waals surface area contributed by atoms with Crippen LogP contribution in [0, 0.1) is 0 Å². The highest BCUT2D eigenvalue weighted by Gasteiger charge is 2.05. The Morgan fingerprint density at radius 1 is 1.67 bits per heavy atom. The van der Waals surface area contributed by atoms with Gasteiger partial charge < -0.3 is 5.32 Å². The van der Waals surface area contributed by atoms with Crippen molar-refractivity contribution in [3.05, 3.63) is 20.8 Å². The summed E-state index contributed by atoms with van der Waals surface area (Å²) in [7, 11) is 0. The maximum atomic E-state index is 3.46. The van der Waals surface area contributed by atoms with E-state index in [4.69, 9.17) is 0 Å². The van der Waals surface area contributed by atoms with Gasteiger partial charge in [-0.3, -0.25) is 0 Å². The molecule has 1 rings (SSSR count). The van der Waals surface area contributed by atoms with Crippen molar-refractivity contribution in [2.45, 2.75) is 26.3 Å². The zero-order valence-corrected chi connectivity index (χ0v) is 9.83.